The summed E-state index contributed by atoms with van der Waals surface area (Å²) >= 11 is 0. The maximum absolute atomic E-state index is 2.38. The van der Waals surface area contributed by atoms with Crippen LogP contribution in [0, 0.1) is 0 Å². The van der Waals surface area contributed by atoms with Crippen molar-refractivity contribution < 1.29 is 0 Å². The summed E-state index contributed by atoms with van der Waals surface area (Å²) in [6.07, 6.45) is 0. The van der Waals surface area contributed by atoms with Crippen molar-refractivity contribution in [3.05, 3.63) is 158 Å². The van der Waals surface area contributed by atoms with Crippen LogP contribution < -0.4 is 0 Å². The highest BCUT2D eigenvalue weighted by atomic mass is 14.2. The molecule has 0 spiro atoms. The third kappa shape index (κ3) is 3.49. The predicted molar refractivity (Wildman–Crippen MR) is 180 cm³/mol. The molecule has 1 aliphatic carbocycles. The van der Waals surface area contributed by atoms with Crippen LogP contribution in [0.3, 0.4) is 0 Å². The maximum atomic E-state index is 2.38. The van der Waals surface area contributed by atoms with Crippen molar-refractivity contribution >= 4 is 32.3 Å². The van der Waals surface area contributed by atoms with Gasteiger partial charge < -0.3 is 0 Å². The summed E-state index contributed by atoms with van der Waals surface area (Å²) in [4.78, 5) is 0. The molecule has 0 fully saturated rings. The summed E-state index contributed by atoms with van der Waals surface area (Å²) < 4.78 is 0. The highest BCUT2D eigenvalue weighted by molar-refractivity contribution is 6.16. The first-order valence-electron chi connectivity index (χ1n) is 14.6. The quantitative estimate of drug-likeness (QED) is 0.213. The zero-order valence-corrected chi connectivity index (χ0v) is 23.0. The van der Waals surface area contributed by atoms with Crippen LogP contribution in [0.25, 0.3) is 88.0 Å². The van der Waals surface area contributed by atoms with E-state index in [-0.39, 0.29) is 0 Å². The number of hydrogen-bond acceptors (Lipinski definition) is 0. The second-order valence-corrected chi connectivity index (χ2v) is 11.3. The molecule has 0 saturated heterocycles. The molecule has 8 aromatic carbocycles. The Bertz CT molecular complexity index is 2350. The molecule has 0 atom stereocenters. The van der Waals surface area contributed by atoms with Crippen LogP contribution in [0.1, 0.15) is 0 Å². The topological polar surface area (TPSA) is 0 Å². The van der Waals surface area contributed by atoms with Gasteiger partial charge in [0.2, 0.25) is 0 Å². The fourth-order valence-electron chi connectivity index (χ4n) is 7.01. The van der Waals surface area contributed by atoms with Gasteiger partial charge in [0.25, 0.3) is 0 Å². The Kier molecular flexibility index (Phi) is 5.00. The largest absolute Gasteiger partial charge is 0.0616 e. The molecule has 0 amide bonds. The Morgan fingerprint density at radius 2 is 0.762 bits per heavy atom. The molecule has 8 aromatic rings. The van der Waals surface area contributed by atoms with Gasteiger partial charge in [-0.25, -0.2) is 0 Å². The van der Waals surface area contributed by atoms with Gasteiger partial charge in [-0.05, 0) is 112 Å². The van der Waals surface area contributed by atoms with E-state index in [1.54, 1.807) is 0 Å². The van der Waals surface area contributed by atoms with Crippen LogP contribution in [-0.4, -0.2) is 0 Å². The van der Waals surface area contributed by atoms with Crippen molar-refractivity contribution in [1.82, 2.24) is 0 Å². The van der Waals surface area contributed by atoms with E-state index in [4.69, 9.17) is 0 Å². The second kappa shape index (κ2) is 9.03. The number of rotatable bonds is 3. The van der Waals surface area contributed by atoms with Gasteiger partial charge in [0.05, 0.1) is 0 Å². The Morgan fingerprint density at radius 1 is 0.238 bits per heavy atom. The van der Waals surface area contributed by atoms with Crippen LogP contribution in [0.15, 0.2) is 158 Å². The Labute approximate surface area is 245 Å². The molecule has 1 aliphatic rings. The van der Waals surface area contributed by atoms with E-state index < -0.39 is 0 Å². The van der Waals surface area contributed by atoms with Gasteiger partial charge >= 0.3 is 0 Å². The summed E-state index contributed by atoms with van der Waals surface area (Å²) in [7, 11) is 0. The van der Waals surface area contributed by atoms with Gasteiger partial charge in [0.15, 0.2) is 0 Å². The first kappa shape index (κ1) is 23.3. The van der Waals surface area contributed by atoms with Crippen LogP contribution >= 0.6 is 0 Å². The Balaban J connectivity index is 1.15. The second-order valence-electron chi connectivity index (χ2n) is 11.3. The SMILES string of the molecule is c1ccc(-c2cccc3ccccc23)c(-c2ccc3cc(-c4cc5c6c(cccc6c4)-c4ccccc4-5)ccc3c2)c1. The smallest absolute Gasteiger partial charge is 0.00259 e. The summed E-state index contributed by atoms with van der Waals surface area (Å²) in [6, 6.07) is 58.0. The lowest BCUT2D eigenvalue weighted by molar-refractivity contribution is 1.61. The summed E-state index contributed by atoms with van der Waals surface area (Å²) in [6.45, 7) is 0. The highest BCUT2D eigenvalue weighted by Gasteiger charge is 2.21. The number of benzene rings is 8. The monoisotopic (exact) mass is 530 g/mol. The van der Waals surface area contributed by atoms with E-state index in [0.717, 1.165) is 0 Å². The van der Waals surface area contributed by atoms with Crippen molar-refractivity contribution in [3.63, 3.8) is 0 Å². The predicted octanol–water partition coefficient (Wildman–Crippen LogP) is 11.8. The molecule has 0 nitrogen and oxygen atoms in total. The Morgan fingerprint density at radius 3 is 1.57 bits per heavy atom. The third-order valence-corrected chi connectivity index (χ3v) is 8.98. The maximum Gasteiger partial charge on any atom is -0.00259 e. The van der Waals surface area contributed by atoms with Gasteiger partial charge in [-0.1, -0.05) is 133 Å². The molecule has 0 radical (unpaired) electrons. The fourth-order valence-corrected chi connectivity index (χ4v) is 7.01. The van der Waals surface area contributed by atoms with Crippen molar-refractivity contribution in [1.29, 1.82) is 0 Å². The van der Waals surface area contributed by atoms with Crippen molar-refractivity contribution in [2.24, 2.45) is 0 Å². The van der Waals surface area contributed by atoms with Crippen LogP contribution in [0.4, 0.5) is 0 Å². The van der Waals surface area contributed by atoms with Gasteiger partial charge in [-0.15, -0.1) is 0 Å². The normalized spacial score (nSPS) is 11.8. The standard InChI is InChI=1S/C42H26/c1-2-12-34-27(9-1)10-7-17-37(34)36-14-4-3-13-35(36)31-22-21-28-23-30(20-19-29(28)24-31)33-25-32-11-8-18-40-38-15-5-6-16-39(38)41(26-33)42(32)40/h1-26H. The van der Waals surface area contributed by atoms with Crippen molar-refractivity contribution in [2.45, 2.75) is 0 Å². The van der Waals surface area contributed by atoms with Gasteiger partial charge in [-0.2, -0.15) is 0 Å². The molecule has 0 heteroatoms. The van der Waals surface area contributed by atoms with Crippen molar-refractivity contribution in [3.8, 4) is 55.6 Å². The zero-order valence-electron chi connectivity index (χ0n) is 23.0. The minimum Gasteiger partial charge on any atom is -0.0616 e. The highest BCUT2D eigenvalue weighted by Crippen LogP contribution is 2.48. The molecular formula is C42H26. The lowest BCUT2D eigenvalue weighted by atomic mass is 9.90. The van der Waals surface area contributed by atoms with Crippen LogP contribution in [-0.2, 0) is 0 Å². The fraction of sp³-hybridized carbons (Fsp3) is 0. The summed E-state index contributed by atoms with van der Waals surface area (Å²) in [5.41, 5.74) is 12.9. The molecule has 0 bridgehead atoms. The molecule has 0 saturated carbocycles. The molecule has 0 aliphatic heterocycles. The lowest BCUT2D eigenvalue weighted by Gasteiger charge is -2.14. The zero-order chi connectivity index (χ0) is 27.6. The molecule has 0 unspecified atom stereocenters. The molecule has 194 valence electrons. The van der Waals surface area contributed by atoms with E-state index in [0.29, 0.717) is 0 Å². The van der Waals surface area contributed by atoms with E-state index in [1.165, 1.54) is 88.0 Å². The van der Waals surface area contributed by atoms with Gasteiger partial charge in [0, 0.05) is 0 Å². The molecule has 0 N–H and O–H groups in total. The first-order chi connectivity index (χ1) is 20.8. The van der Waals surface area contributed by atoms with Crippen molar-refractivity contribution in [2.75, 3.05) is 0 Å². The minimum absolute atomic E-state index is 1.24. The van der Waals surface area contributed by atoms with Gasteiger partial charge in [0.1, 0.15) is 0 Å². The number of hydrogen-bond donors (Lipinski definition) is 0. The van der Waals surface area contributed by atoms with E-state index in [1.807, 2.05) is 0 Å². The average molecular weight is 531 g/mol. The first-order valence-corrected chi connectivity index (χ1v) is 14.6. The van der Waals surface area contributed by atoms with Crippen LogP contribution in [0.5, 0.6) is 0 Å². The summed E-state index contributed by atoms with van der Waals surface area (Å²) in [5, 5.41) is 7.73. The number of fused-ring (bicyclic) bond motifs is 5. The van der Waals surface area contributed by atoms with E-state index in [9.17, 15) is 0 Å². The third-order valence-electron chi connectivity index (χ3n) is 8.98. The molecule has 42 heavy (non-hydrogen) atoms. The summed E-state index contributed by atoms with van der Waals surface area (Å²) in [5.74, 6) is 0. The molecule has 9 rings (SSSR count). The molecule has 0 heterocycles. The van der Waals surface area contributed by atoms with E-state index in [2.05, 4.69) is 158 Å². The Hall–Kier alpha value is -5.46. The van der Waals surface area contributed by atoms with E-state index >= 15 is 0 Å². The van der Waals surface area contributed by atoms with Gasteiger partial charge in [-0.3, -0.25) is 0 Å². The lowest BCUT2D eigenvalue weighted by Crippen LogP contribution is -1.87. The minimum atomic E-state index is 1.24. The molecular weight excluding hydrogens is 504 g/mol. The van der Waals surface area contributed by atoms with Crippen LogP contribution in [0.2, 0.25) is 0 Å². The average Bonchev–Trinajstić information content (AvgIpc) is 3.39. The molecule has 0 aromatic heterocycles.